The molecule has 1 aliphatic heterocycles. The summed E-state index contributed by atoms with van der Waals surface area (Å²) in [6.07, 6.45) is 6.28. The van der Waals surface area contributed by atoms with Gasteiger partial charge in [0.25, 0.3) is 27.8 Å². The van der Waals surface area contributed by atoms with Gasteiger partial charge in [0.2, 0.25) is 0 Å². The smallest absolute Gasteiger partial charge is 0.332 e. The number of nitrogens with zero attached hydrogens (tertiary/aromatic N) is 18. The number of ether oxygens (including phenoxy) is 10. The number of carbonyl (C=O) groups excluding carboxylic acids is 5. The van der Waals surface area contributed by atoms with E-state index in [-0.39, 0.29) is 123 Å². The van der Waals surface area contributed by atoms with Gasteiger partial charge in [0.05, 0.1) is 108 Å². The molecule has 712 valence electrons. The molecule has 50 heteroatoms. The zero-order valence-electron chi connectivity index (χ0n) is 77.4. The number of aliphatic imine (C=N–C) groups is 1. The van der Waals surface area contributed by atoms with Crippen molar-refractivity contribution in [3.05, 3.63) is 135 Å². The van der Waals surface area contributed by atoms with Gasteiger partial charge in [-0.05, 0) is 25.1 Å². The molecule has 9 aromatic heterocycles. The van der Waals surface area contributed by atoms with Crippen LogP contribution in [0.2, 0.25) is 77.1 Å². The number of hydrogen-bond donors (Lipinski definition) is 3. The summed E-state index contributed by atoms with van der Waals surface area (Å²) in [6.45, 7) is 26.7. The van der Waals surface area contributed by atoms with Gasteiger partial charge < -0.3 is 75.9 Å². The molecule has 0 spiro atoms. The Morgan fingerprint density at radius 3 is 1.17 bits per heavy atom. The van der Waals surface area contributed by atoms with Gasteiger partial charge in [-0.25, -0.2) is 53.7 Å². The minimum Gasteiger partial charge on any atom is -0.469 e. The minimum atomic E-state index is -1.21. The maximum absolute atomic E-state index is 12.8. The van der Waals surface area contributed by atoms with Crippen LogP contribution >= 0.6 is 11.6 Å². The molecule has 9 aromatic rings. The van der Waals surface area contributed by atoms with Crippen LogP contribution in [0.25, 0.3) is 44.7 Å². The van der Waals surface area contributed by atoms with E-state index in [1.54, 1.807) is 47.9 Å². The molecular weight excluding hydrogens is 1750 g/mol. The number of rotatable bonds is 37. The minimum absolute atomic E-state index is 0.00463. The van der Waals surface area contributed by atoms with E-state index in [1.165, 1.54) is 126 Å². The van der Waals surface area contributed by atoms with E-state index in [2.05, 4.69) is 108 Å². The number of aryl methyl sites for hydroxylation is 4. The SMILES string of the molecule is COC(=O)C(C)C.COCC(=O)Cn1c(=O)c2c(n(C)c1=O)N=CC2.COCC(=O)Cn1c(=O)c2c(ncn2COCC[Si](C)(C)C)n(C)c1=O.COCC(=O)Cn1c(=O)c2c(ncn2[C@@H](C)C(=O)OC)n(C)c1=O.COCC(O)CCl.COCC(O)Cn1c(=O)c2c(ncn2COCC[Si](C)(C)C)n(C)c1=O.Cn1c(=O)[nH]c(=O)c2c1ncn2COCC[Si](C)(C)C. The van der Waals surface area contributed by atoms with Gasteiger partial charge in [0.1, 0.15) is 51.9 Å². The van der Waals surface area contributed by atoms with Gasteiger partial charge in [-0.3, -0.25) is 89.2 Å². The zero-order valence-corrected chi connectivity index (χ0v) is 81.1. The van der Waals surface area contributed by atoms with Crippen LogP contribution in [0.4, 0.5) is 5.82 Å². The Balaban J connectivity index is 0.000000324. The number of aliphatic hydroxyl groups is 2. The Morgan fingerprint density at radius 1 is 0.453 bits per heavy atom. The highest BCUT2D eigenvalue weighted by Crippen LogP contribution is 2.19. The molecule has 3 atom stereocenters. The molecule has 0 aromatic carbocycles. The number of ketones is 3. The number of methoxy groups -OCH3 is 7. The maximum atomic E-state index is 12.8. The number of halogens is 1. The number of fused-ring (bicyclic) bond motifs is 5. The molecule has 0 aliphatic carbocycles. The van der Waals surface area contributed by atoms with E-state index >= 15 is 0 Å². The molecule has 0 radical (unpaired) electrons. The molecule has 128 heavy (non-hydrogen) atoms. The second-order valence-corrected chi connectivity index (χ2v) is 50.5. The molecule has 10 heterocycles. The van der Waals surface area contributed by atoms with Crippen LogP contribution in [-0.2, 0) is 159 Å². The van der Waals surface area contributed by atoms with Gasteiger partial charge in [0, 0.05) is 127 Å². The van der Waals surface area contributed by atoms with Crippen LogP contribution in [0.15, 0.2) is 78.2 Å². The summed E-state index contributed by atoms with van der Waals surface area (Å²) in [6, 6.07) is 2.28. The topological polar surface area (TPSA) is 533 Å². The molecule has 0 fully saturated rings. The summed E-state index contributed by atoms with van der Waals surface area (Å²) in [4.78, 5) is 202. The summed E-state index contributed by atoms with van der Waals surface area (Å²) < 4.78 is 65.7. The van der Waals surface area contributed by atoms with Crippen LogP contribution in [0.5, 0.6) is 0 Å². The van der Waals surface area contributed by atoms with Crippen LogP contribution < -0.4 is 56.2 Å². The van der Waals surface area contributed by atoms with Crippen LogP contribution in [0, 0.1) is 5.92 Å². The highest BCUT2D eigenvalue weighted by Gasteiger charge is 2.27. The Labute approximate surface area is 742 Å². The molecule has 0 bridgehead atoms. The Bertz CT molecular complexity index is 5960. The summed E-state index contributed by atoms with van der Waals surface area (Å²) in [5.74, 6) is -1.20. The molecule has 10 rings (SSSR count). The third-order valence-electron chi connectivity index (χ3n) is 18.8. The lowest BCUT2D eigenvalue weighted by Gasteiger charge is -2.16. The molecule has 0 amide bonds. The summed E-state index contributed by atoms with van der Waals surface area (Å²) in [5, 5.41) is 18.5. The van der Waals surface area contributed by atoms with E-state index in [0.717, 1.165) is 41.0 Å². The molecule has 1 aliphatic rings. The Morgan fingerprint density at radius 2 is 0.805 bits per heavy atom. The number of Topliss-reactive ketones (excluding diaryl/α,β-unsaturated/α-hetero) is 3. The van der Waals surface area contributed by atoms with Crippen molar-refractivity contribution in [2.75, 3.05) is 109 Å². The first-order chi connectivity index (χ1) is 60.0. The number of nitrogens with one attached hydrogen (secondary N) is 1. The number of aromatic amines is 1. The fraction of sp³-hybridized carbons (Fsp3) is 0.615. The summed E-state index contributed by atoms with van der Waals surface area (Å²) in [7, 11) is 13.8. The van der Waals surface area contributed by atoms with Crippen LogP contribution in [0.3, 0.4) is 0 Å². The van der Waals surface area contributed by atoms with Gasteiger partial charge in [-0.2, -0.15) is 0 Å². The molecular formula is C78H124ClN19O27Si3. The maximum Gasteiger partial charge on any atom is 0.332 e. The van der Waals surface area contributed by atoms with E-state index in [4.69, 9.17) is 45.1 Å². The fourth-order valence-electron chi connectivity index (χ4n) is 11.7. The molecule has 46 nitrogen and oxygen atoms in total. The lowest BCUT2D eigenvalue weighted by molar-refractivity contribution is -0.144. The second kappa shape index (κ2) is 51.0. The first-order valence-electron chi connectivity index (χ1n) is 40.2. The van der Waals surface area contributed by atoms with Crippen molar-refractivity contribution in [1.29, 1.82) is 0 Å². The van der Waals surface area contributed by atoms with Crippen molar-refractivity contribution in [1.82, 2.24) is 84.3 Å². The lowest BCUT2D eigenvalue weighted by Crippen LogP contribution is -2.43. The third-order valence-corrected chi connectivity index (χ3v) is 24.2. The van der Waals surface area contributed by atoms with Gasteiger partial charge in [0.15, 0.2) is 62.0 Å². The number of esters is 2. The number of aromatic nitrogens is 18. The van der Waals surface area contributed by atoms with Crippen molar-refractivity contribution in [3.8, 4) is 0 Å². The number of imidazole rings is 4. The van der Waals surface area contributed by atoms with Gasteiger partial charge >= 0.3 is 40.4 Å². The van der Waals surface area contributed by atoms with Crippen molar-refractivity contribution < 1.29 is 81.6 Å². The largest absolute Gasteiger partial charge is 0.469 e. The van der Waals surface area contributed by atoms with Crippen molar-refractivity contribution in [3.63, 3.8) is 0 Å². The van der Waals surface area contributed by atoms with E-state index in [0.29, 0.717) is 61.0 Å². The predicted octanol–water partition coefficient (Wildman–Crippen LogP) is 0.291. The average molecular weight is 1880 g/mol. The second-order valence-electron chi connectivity index (χ2n) is 33.3. The number of hydrogen-bond acceptors (Lipinski definition) is 32. The number of aliphatic hydroxyl groups excluding tert-OH is 2. The van der Waals surface area contributed by atoms with Crippen molar-refractivity contribution in [2.45, 2.75) is 169 Å². The lowest BCUT2D eigenvalue weighted by atomic mass is 10.2. The highest BCUT2D eigenvalue weighted by molar-refractivity contribution is 6.76. The van der Waals surface area contributed by atoms with E-state index in [1.807, 2.05) is 0 Å². The standard InChI is InChI=1S/C16H28N4O5Si.C16H26N4O5Si.C14H18N4O6.C12H20N4O3Si.C11H13N3O4.C5H10O2.C4H9ClO2/c2*1-18-14-13(15(22)20(16(18)23)8-12(21)9-24-2)19(10-17-14)11-25-6-7-26(3,4)5;1-8(13(21)24-4)18-7-15-11-10(18)12(20)17(14(22)16(11)2)5-9(19)6-23-3;1-15-10-9(11(17)14-12(15)18)16(7-13-10)8-19-5-6-20(2,3)4;1-13-9-8(3-4-12-9)10(16)14(11(13)17)5-7(15)6-18-2;1-4(2)5(6)7-3;1-7-3-4(6)2-5/h10,12,21H,6-9,11H2,1-5H3;10H,6-9,11H2,1-5H3;7-8H,5-6H2,1-4H3;7H,5-6,8H2,1-4H3,(H,14,17,18);4H,3,5-6H2,1-2H3;4H,1-3H3;4,6H,2-3H2,1H3/t;;8-;;;;/m..0..../s1. The number of carbonyl (C=O) groups is 5. The molecule has 3 N–H and O–H groups in total. The zero-order chi connectivity index (χ0) is 96.7. The fourth-order valence-corrected chi connectivity index (χ4v) is 14.0. The highest BCUT2D eigenvalue weighted by atomic mass is 35.5. The number of alkyl halides is 1. The molecule has 0 saturated heterocycles. The van der Waals surface area contributed by atoms with Crippen molar-refractivity contribution in [2.24, 2.45) is 46.1 Å². The van der Waals surface area contributed by atoms with Gasteiger partial charge in [-0.1, -0.05) is 72.8 Å². The van der Waals surface area contributed by atoms with E-state index in [9.17, 15) is 77.0 Å². The third kappa shape index (κ3) is 31.1. The average Bonchev–Trinajstić information content (AvgIpc) is 1.60. The quantitative estimate of drug-likeness (QED) is 0.0204. The Hall–Kier alpha value is -10.6. The van der Waals surface area contributed by atoms with Gasteiger partial charge in [-0.15, -0.1) is 11.6 Å². The molecule has 2 unspecified atom stereocenters. The van der Waals surface area contributed by atoms with E-state index < -0.39 is 117 Å². The first-order valence-corrected chi connectivity index (χ1v) is 51.9. The van der Waals surface area contributed by atoms with Crippen LogP contribution in [0.1, 0.15) is 32.4 Å². The van der Waals surface area contributed by atoms with Crippen LogP contribution in [-0.4, -0.2) is 275 Å². The summed E-state index contributed by atoms with van der Waals surface area (Å²) in [5.41, 5.74) is -3.00. The monoisotopic (exact) mass is 1880 g/mol. The number of H-pyrrole nitrogens is 1. The summed E-state index contributed by atoms with van der Waals surface area (Å²) >= 11 is 5.20. The van der Waals surface area contributed by atoms with Crippen molar-refractivity contribution >= 4 is 122 Å². The predicted molar refractivity (Wildman–Crippen MR) is 484 cm³/mol. The normalized spacial score (nSPS) is 12.5. The first kappa shape index (κ1) is 110. The Kier molecular flexibility index (Phi) is 43.7. The molecule has 0 saturated carbocycles.